The summed E-state index contributed by atoms with van der Waals surface area (Å²) < 4.78 is 4.61. The molecule has 0 spiro atoms. The number of urea groups is 1. The first-order valence-electron chi connectivity index (χ1n) is 6.43. The van der Waals surface area contributed by atoms with E-state index in [2.05, 4.69) is 15.4 Å². The zero-order chi connectivity index (χ0) is 15.9. The van der Waals surface area contributed by atoms with Crippen LogP contribution in [0.25, 0.3) is 0 Å². The Morgan fingerprint density at radius 3 is 2.25 bits per heavy atom. The zero-order valence-corrected chi connectivity index (χ0v) is 13.1. The minimum absolute atomic E-state index is 0.0267. The van der Waals surface area contributed by atoms with Crippen LogP contribution in [-0.4, -0.2) is 55.6 Å². The van der Waals surface area contributed by atoms with Crippen LogP contribution in [0.5, 0.6) is 0 Å². The zero-order valence-electron chi connectivity index (χ0n) is 13.1. The third kappa shape index (κ3) is 8.47. The van der Waals surface area contributed by atoms with Gasteiger partial charge < -0.3 is 10.1 Å². The van der Waals surface area contributed by atoms with E-state index in [0.29, 0.717) is 6.54 Å². The number of carbonyl (C=O) groups excluding carboxylic acids is 3. The average Bonchev–Trinajstić information content (AvgIpc) is 2.24. The first-order chi connectivity index (χ1) is 9.05. The Balaban J connectivity index is 4.14. The lowest BCUT2D eigenvalue weighted by molar-refractivity contribution is -0.145. The van der Waals surface area contributed by atoms with Crippen molar-refractivity contribution in [2.24, 2.45) is 5.92 Å². The molecular weight excluding hydrogens is 262 g/mol. The number of methoxy groups -OCH3 is 1. The molecule has 0 aromatic heterocycles. The fourth-order valence-corrected chi connectivity index (χ4v) is 1.59. The molecule has 0 aliphatic carbocycles. The van der Waals surface area contributed by atoms with E-state index >= 15 is 0 Å². The summed E-state index contributed by atoms with van der Waals surface area (Å²) in [6, 6.07) is -0.531. The Kier molecular flexibility index (Phi) is 7.20. The average molecular weight is 287 g/mol. The van der Waals surface area contributed by atoms with Crippen molar-refractivity contribution in [2.45, 2.75) is 33.2 Å². The Labute approximate surface area is 120 Å². The van der Waals surface area contributed by atoms with Crippen LogP contribution in [0.1, 0.15) is 27.7 Å². The quantitative estimate of drug-likeness (QED) is 0.712. The van der Waals surface area contributed by atoms with Gasteiger partial charge in [-0.1, -0.05) is 6.92 Å². The number of amides is 3. The van der Waals surface area contributed by atoms with Gasteiger partial charge in [0.1, 0.15) is 0 Å². The largest absolute Gasteiger partial charge is 0.469 e. The molecule has 20 heavy (non-hydrogen) atoms. The van der Waals surface area contributed by atoms with Crippen molar-refractivity contribution in [1.29, 1.82) is 0 Å². The van der Waals surface area contributed by atoms with Crippen LogP contribution in [0.3, 0.4) is 0 Å². The molecule has 7 heteroatoms. The van der Waals surface area contributed by atoms with Crippen LogP contribution in [0.2, 0.25) is 0 Å². The van der Waals surface area contributed by atoms with Crippen molar-refractivity contribution in [2.75, 3.05) is 27.2 Å². The van der Waals surface area contributed by atoms with E-state index < -0.39 is 17.5 Å². The predicted octanol–water partition coefficient (Wildman–Crippen LogP) is 0.352. The van der Waals surface area contributed by atoms with Gasteiger partial charge in [0.2, 0.25) is 5.91 Å². The highest BCUT2D eigenvalue weighted by Crippen LogP contribution is 2.00. The first kappa shape index (κ1) is 18.4. The molecule has 1 atom stereocenters. The number of imide groups is 1. The fraction of sp³-hybridized carbons (Fsp3) is 0.769. The minimum atomic E-state index is -0.531. The minimum Gasteiger partial charge on any atom is -0.469 e. The third-order valence-corrected chi connectivity index (χ3v) is 2.34. The maximum absolute atomic E-state index is 11.6. The van der Waals surface area contributed by atoms with Crippen LogP contribution in [-0.2, 0) is 14.3 Å². The number of ether oxygens (including phenoxy) is 1. The standard InChI is InChI=1S/C13H25N3O4/c1-9(11(18)20-6)7-16(5)8-10(17)14-12(19)15-13(2,3)4/h9H,7-8H2,1-6H3,(H2,14,15,17,19). The van der Waals surface area contributed by atoms with E-state index in [1.165, 1.54) is 7.11 Å². The molecule has 3 amide bonds. The lowest BCUT2D eigenvalue weighted by atomic mass is 10.1. The van der Waals surface area contributed by atoms with Crippen LogP contribution >= 0.6 is 0 Å². The summed E-state index contributed by atoms with van der Waals surface area (Å²) >= 11 is 0. The second-order valence-electron chi connectivity index (χ2n) is 5.87. The van der Waals surface area contributed by atoms with E-state index in [1.807, 2.05) is 20.8 Å². The molecule has 0 saturated carbocycles. The smallest absolute Gasteiger partial charge is 0.321 e. The Morgan fingerprint density at radius 1 is 1.25 bits per heavy atom. The van der Waals surface area contributed by atoms with E-state index in [0.717, 1.165) is 0 Å². The maximum atomic E-state index is 11.6. The summed E-state index contributed by atoms with van der Waals surface area (Å²) in [5.74, 6) is -1.09. The van der Waals surface area contributed by atoms with E-state index in [1.54, 1.807) is 18.9 Å². The van der Waals surface area contributed by atoms with Gasteiger partial charge in [0, 0.05) is 12.1 Å². The van der Waals surface area contributed by atoms with Gasteiger partial charge >= 0.3 is 12.0 Å². The van der Waals surface area contributed by atoms with Crippen molar-refractivity contribution in [3.05, 3.63) is 0 Å². The summed E-state index contributed by atoms with van der Waals surface area (Å²) in [6.45, 7) is 7.58. The Bertz CT molecular complexity index is 363. The van der Waals surface area contributed by atoms with E-state index in [4.69, 9.17) is 0 Å². The molecule has 0 heterocycles. The highest BCUT2D eigenvalue weighted by Gasteiger charge is 2.19. The molecule has 116 valence electrons. The van der Waals surface area contributed by atoms with Gasteiger partial charge in [0.15, 0.2) is 0 Å². The first-order valence-corrected chi connectivity index (χ1v) is 6.43. The van der Waals surface area contributed by atoms with E-state index in [-0.39, 0.29) is 18.4 Å². The van der Waals surface area contributed by atoms with Crippen LogP contribution < -0.4 is 10.6 Å². The number of nitrogens with zero attached hydrogens (tertiary/aromatic N) is 1. The summed E-state index contributed by atoms with van der Waals surface area (Å²) in [6.07, 6.45) is 0. The molecule has 0 fully saturated rings. The third-order valence-electron chi connectivity index (χ3n) is 2.34. The Hall–Kier alpha value is -1.63. The monoisotopic (exact) mass is 287 g/mol. The SMILES string of the molecule is COC(=O)C(C)CN(C)CC(=O)NC(=O)NC(C)(C)C. The fourth-order valence-electron chi connectivity index (χ4n) is 1.59. The van der Waals surface area contributed by atoms with Gasteiger partial charge in [-0.05, 0) is 27.8 Å². The normalized spacial score (nSPS) is 12.8. The number of esters is 1. The van der Waals surface area contributed by atoms with Crippen LogP contribution in [0.15, 0.2) is 0 Å². The van der Waals surface area contributed by atoms with Crippen molar-refractivity contribution in [3.8, 4) is 0 Å². The molecule has 7 nitrogen and oxygen atoms in total. The molecule has 0 bridgehead atoms. The maximum Gasteiger partial charge on any atom is 0.321 e. The predicted molar refractivity (Wildman–Crippen MR) is 75.1 cm³/mol. The van der Waals surface area contributed by atoms with Crippen molar-refractivity contribution in [3.63, 3.8) is 0 Å². The number of hydrogen-bond donors (Lipinski definition) is 2. The molecule has 0 aliphatic rings. The van der Waals surface area contributed by atoms with Gasteiger partial charge in [-0.2, -0.15) is 0 Å². The topological polar surface area (TPSA) is 87.7 Å². The van der Waals surface area contributed by atoms with Gasteiger partial charge in [-0.25, -0.2) is 4.79 Å². The summed E-state index contributed by atoms with van der Waals surface area (Å²) in [5.41, 5.74) is -0.407. The van der Waals surface area contributed by atoms with Crippen molar-refractivity contribution < 1.29 is 19.1 Å². The molecule has 2 N–H and O–H groups in total. The number of carbonyl (C=O) groups is 3. The van der Waals surface area contributed by atoms with Gasteiger partial charge in [-0.3, -0.25) is 19.8 Å². The molecule has 0 rings (SSSR count). The molecule has 1 unspecified atom stereocenters. The van der Waals surface area contributed by atoms with E-state index in [9.17, 15) is 14.4 Å². The number of likely N-dealkylation sites (N-methyl/N-ethyl adjacent to an activating group) is 1. The molecule has 0 aliphatic heterocycles. The second kappa shape index (κ2) is 7.84. The van der Waals surface area contributed by atoms with Gasteiger partial charge in [0.05, 0.1) is 19.6 Å². The molecule has 0 aromatic carbocycles. The number of rotatable bonds is 5. The highest BCUT2D eigenvalue weighted by atomic mass is 16.5. The summed E-state index contributed by atoms with van der Waals surface area (Å²) in [7, 11) is 3.02. The lowest BCUT2D eigenvalue weighted by Crippen LogP contribution is -2.50. The summed E-state index contributed by atoms with van der Waals surface area (Å²) in [5, 5.41) is 4.86. The summed E-state index contributed by atoms with van der Waals surface area (Å²) in [4.78, 5) is 36.0. The van der Waals surface area contributed by atoms with Gasteiger partial charge in [-0.15, -0.1) is 0 Å². The highest BCUT2D eigenvalue weighted by molar-refractivity contribution is 5.95. The molecule has 0 aromatic rings. The number of nitrogens with one attached hydrogen (secondary N) is 2. The van der Waals surface area contributed by atoms with Crippen molar-refractivity contribution >= 4 is 17.9 Å². The van der Waals surface area contributed by atoms with Crippen LogP contribution in [0, 0.1) is 5.92 Å². The number of hydrogen-bond acceptors (Lipinski definition) is 5. The lowest BCUT2D eigenvalue weighted by Gasteiger charge is -2.22. The van der Waals surface area contributed by atoms with Crippen molar-refractivity contribution in [1.82, 2.24) is 15.5 Å². The van der Waals surface area contributed by atoms with Crippen LogP contribution in [0.4, 0.5) is 4.79 Å². The second-order valence-corrected chi connectivity index (χ2v) is 5.87. The van der Waals surface area contributed by atoms with Gasteiger partial charge in [0.25, 0.3) is 0 Å². The molecular formula is C13H25N3O4. The molecule has 0 radical (unpaired) electrons. The Morgan fingerprint density at radius 2 is 1.80 bits per heavy atom. The molecule has 0 saturated heterocycles.